The van der Waals surface area contributed by atoms with Crippen molar-refractivity contribution in [1.82, 2.24) is 0 Å². The molecule has 0 spiro atoms. The molecule has 0 heterocycles. The van der Waals surface area contributed by atoms with E-state index >= 15 is 0 Å². The molecule has 2 unspecified atom stereocenters. The Balaban J connectivity index is 1.77. The Bertz CT molecular complexity index is 522. The van der Waals surface area contributed by atoms with Gasteiger partial charge in [-0.15, -0.1) is 0 Å². The van der Waals surface area contributed by atoms with Gasteiger partial charge >= 0.3 is 0 Å². The highest BCUT2D eigenvalue weighted by Crippen LogP contribution is 2.36. The van der Waals surface area contributed by atoms with Crippen LogP contribution in [-0.4, -0.2) is 11.8 Å². The minimum Gasteiger partial charge on any atom is -0.328 e. The topological polar surface area (TPSA) is 43.1 Å². The Labute approximate surface area is 128 Å². The van der Waals surface area contributed by atoms with Crippen LogP contribution in [0.4, 0.5) is 0 Å². The summed E-state index contributed by atoms with van der Waals surface area (Å²) >= 11 is 0. The zero-order chi connectivity index (χ0) is 14.8. The second kappa shape index (κ2) is 6.31. The lowest BCUT2D eigenvalue weighted by Gasteiger charge is -2.24. The van der Waals surface area contributed by atoms with Gasteiger partial charge in [-0.2, -0.15) is 0 Å². The molecule has 3 atom stereocenters. The van der Waals surface area contributed by atoms with Gasteiger partial charge in [-0.05, 0) is 55.6 Å². The highest BCUT2D eigenvalue weighted by Gasteiger charge is 2.29. The summed E-state index contributed by atoms with van der Waals surface area (Å²) in [4.78, 5) is 12.6. The molecule has 0 aromatic heterocycles. The average Bonchev–Trinajstić information content (AvgIpc) is 2.93. The lowest BCUT2D eigenvalue weighted by Crippen LogP contribution is -2.23. The highest BCUT2D eigenvalue weighted by atomic mass is 16.1. The molecule has 2 aliphatic carbocycles. The molecule has 21 heavy (non-hydrogen) atoms. The van der Waals surface area contributed by atoms with Crippen LogP contribution in [0.15, 0.2) is 18.2 Å². The Kier molecular flexibility index (Phi) is 4.44. The maximum absolute atomic E-state index is 12.6. The molecule has 1 aromatic carbocycles. The fraction of sp³-hybridized carbons (Fsp3) is 0.632. The zero-order valence-corrected chi connectivity index (χ0v) is 13.1. The summed E-state index contributed by atoms with van der Waals surface area (Å²) in [7, 11) is 0. The molecular weight excluding hydrogens is 258 g/mol. The van der Waals surface area contributed by atoms with Crippen molar-refractivity contribution < 1.29 is 4.79 Å². The fourth-order valence-corrected chi connectivity index (χ4v) is 4.04. The molecule has 3 rings (SSSR count). The normalized spacial score (nSPS) is 28.7. The summed E-state index contributed by atoms with van der Waals surface area (Å²) < 4.78 is 0. The second-order valence-corrected chi connectivity index (χ2v) is 6.93. The van der Waals surface area contributed by atoms with Crippen molar-refractivity contribution in [2.75, 3.05) is 0 Å². The first-order chi connectivity index (χ1) is 10.2. The van der Waals surface area contributed by atoms with Gasteiger partial charge in [-0.1, -0.05) is 38.0 Å². The van der Waals surface area contributed by atoms with Crippen molar-refractivity contribution in [1.29, 1.82) is 0 Å². The molecule has 0 saturated heterocycles. The van der Waals surface area contributed by atoms with E-state index in [1.54, 1.807) is 0 Å². The molecule has 0 radical (unpaired) electrons. The first kappa shape index (κ1) is 14.8. The van der Waals surface area contributed by atoms with Gasteiger partial charge in [0.1, 0.15) is 0 Å². The molecule has 2 heteroatoms. The van der Waals surface area contributed by atoms with Crippen LogP contribution < -0.4 is 5.73 Å². The van der Waals surface area contributed by atoms with E-state index in [1.165, 1.54) is 30.4 Å². The minimum atomic E-state index is 0.267. The Morgan fingerprint density at radius 3 is 2.81 bits per heavy atom. The van der Waals surface area contributed by atoms with Gasteiger partial charge in [0.25, 0.3) is 0 Å². The number of aryl methyl sites for hydroxylation is 1. The smallest absolute Gasteiger partial charge is 0.166 e. The molecule has 1 fully saturated rings. The summed E-state index contributed by atoms with van der Waals surface area (Å²) in [5.74, 6) is 1.26. The SMILES string of the molecule is CCCCC1CCc2cc(C3CC[C@@H](N)C3)ccc2C1=O. The molecular formula is C19H27NO. The van der Waals surface area contributed by atoms with Crippen LogP contribution in [0.2, 0.25) is 0 Å². The number of fused-ring (bicyclic) bond motifs is 1. The summed E-state index contributed by atoms with van der Waals surface area (Å²) in [6.07, 6.45) is 8.97. The summed E-state index contributed by atoms with van der Waals surface area (Å²) in [6, 6.07) is 6.94. The maximum atomic E-state index is 12.6. The molecule has 114 valence electrons. The number of hydrogen-bond donors (Lipinski definition) is 1. The minimum absolute atomic E-state index is 0.267. The van der Waals surface area contributed by atoms with Gasteiger partial charge in [0, 0.05) is 17.5 Å². The van der Waals surface area contributed by atoms with Gasteiger partial charge in [0.2, 0.25) is 0 Å². The second-order valence-electron chi connectivity index (χ2n) is 6.93. The number of Topliss-reactive ketones (excluding diaryl/α,β-unsaturated/α-hetero) is 1. The molecule has 1 saturated carbocycles. The van der Waals surface area contributed by atoms with Gasteiger partial charge in [-0.25, -0.2) is 0 Å². The molecule has 0 aliphatic heterocycles. The zero-order valence-electron chi connectivity index (χ0n) is 13.1. The summed E-state index contributed by atoms with van der Waals surface area (Å²) in [5, 5.41) is 0. The molecule has 2 N–H and O–H groups in total. The van der Waals surface area contributed by atoms with Crippen LogP contribution in [0.3, 0.4) is 0 Å². The van der Waals surface area contributed by atoms with Crippen molar-refractivity contribution in [3.63, 3.8) is 0 Å². The molecule has 0 amide bonds. The van der Waals surface area contributed by atoms with E-state index in [4.69, 9.17) is 5.73 Å². The fourth-order valence-electron chi connectivity index (χ4n) is 4.04. The van der Waals surface area contributed by atoms with E-state index in [2.05, 4.69) is 25.1 Å². The van der Waals surface area contributed by atoms with E-state index in [-0.39, 0.29) is 5.92 Å². The lowest BCUT2D eigenvalue weighted by atomic mass is 9.79. The van der Waals surface area contributed by atoms with Crippen molar-refractivity contribution in [3.05, 3.63) is 34.9 Å². The predicted octanol–water partition coefficient (Wildman–Crippen LogP) is 4.22. The number of carbonyl (C=O) groups is 1. The van der Waals surface area contributed by atoms with Gasteiger partial charge in [0.15, 0.2) is 5.78 Å². The third kappa shape index (κ3) is 3.06. The van der Waals surface area contributed by atoms with Crippen molar-refractivity contribution in [2.24, 2.45) is 11.7 Å². The van der Waals surface area contributed by atoms with E-state index < -0.39 is 0 Å². The molecule has 2 nitrogen and oxygen atoms in total. The van der Waals surface area contributed by atoms with E-state index in [0.717, 1.165) is 37.7 Å². The highest BCUT2D eigenvalue weighted by molar-refractivity contribution is 6.00. The van der Waals surface area contributed by atoms with Crippen molar-refractivity contribution in [3.8, 4) is 0 Å². The summed E-state index contributed by atoms with van der Waals surface area (Å²) in [5.41, 5.74) is 9.71. The van der Waals surface area contributed by atoms with Crippen molar-refractivity contribution >= 4 is 5.78 Å². The quantitative estimate of drug-likeness (QED) is 0.900. The Hall–Kier alpha value is -1.15. The van der Waals surface area contributed by atoms with E-state index in [0.29, 0.717) is 17.7 Å². The monoisotopic (exact) mass is 285 g/mol. The molecule has 1 aromatic rings. The van der Waals surface area contributed by atoms with E-state index in [1.807, 2.05) is 0 Å². The van der Waals surface area contributed by atoms with Crippen LogP contribution in [0, 0.1) is 5.92 Å². The first-order valence-corrected chi connectivity index (χ1v) is 8.61. The van der Waals surface area contributed by atoms with Crippen LogP contribution in [0.5, 0.6) is 0 Å². The third-order valence-electron chi connectivity index (χ3n) is 5.38. The van der Waals surface area contributed by atoms with Gasteiger partial charge < -0.3 is 5.73 Å². The Morgan fingerprint density at radius 1 is 1.24 bits per heavy atom. The van der Waals surface area contributed by atoms with Crippen LogP contribution in [0.1, 0.15) is 79.3 Å². The number of nitrogens with two attached hydrogens (primary N) is 1. The molecule has 0 bridgehead atoms. The number of benzene rings is 1. The van der Waals surface area contributed by atoms with Crippen LogP contribution >= 0.6 is 0 Å². The third-order valence-corrected chi connectivity index (χ3v) is 5.38. The first-order valence-electron chi connectivity index (χ1n) is 8.61. The maximum Gasteiger partial charge on any atom is 0.166 e. The largest absolute Gasteiger partial charge is 0.328 e. The van der Waals surface area contributed by atoms with Crippen molar-refractivity contribution in [2.45, 2.75) is 70.3 Å². The predicted molar refractivity (Wildman–Crippen MR) is 86.7 cm³/mol. The summed E-state index contributed by atoms with van der Waals surface area (Å²) in [6.45, 7) is 2.19. The number of carbonyl (C=O) groups excluding carboxylic acids is 1. The Morgan fingerprint density at radius 2 is 2.10 bits per heavy atom. The molecule has 2 aliphatic rings. The van der Waals surface area contributed by atoms with Gasteiger partial charge in [-0.3, -0.25) is 4.79 Å². The van der Waals surface area contributed by atoms with Crippen LogP contribution in [-0.2, 0) is 6.42 Å². The van der Waals surface area contributed by atoms with Gasteiger partial charge in [0.05, 0.1) is 0 Å². The average molecular weight is 285 g/mol. The standard InChI is InChI=1S/C19H27NO/c1-2-3-4-13-5-6-16-11-14(8-10-18(16)19(13)21)15-7-9-17(20)12-15/h8,10-11,13,15,17H,2-7,9,12,20H2,1H3/t13?,15?,17-/m1/s1. The number of ketones is 1. The number of rotatable bonds is 4. The van der Waals surface area contributed by atoms with E-state index in [9.17, 15) is 4.79 Å². The van der Waals surface area contributed by atoms with Crippen LogP contribution in [0.25, 0.3) is 0 Å². The number of hydrogen-bond acceptors (Lipinski definition) is 2. The number of unbranched alkanes of at least 4 members (excludes halogenated alkanes) is 1. The lowest BCUT2D eigenvalue weighted by molar-refractivity contribution is 0.0893.